The van der Waals surface area contributed by atoms with Crippen LogP contribution in [0.4, 0.5) is 5.82 Å². The maximum atomic E-state index is 12.7. The fraction of sp³-hybridized carbons (Fsp3) is 0.0800. The zero-order valence-electron chi connectivity index (χ0n) is 18.1. The quantitative estimate of drug-likeness (QED) is 0.396. The van der Waals surface area contributed by atoms with E-state index in [0.717, 1.165) is 15.5 Å². The summed E-state index contributed by atoms with van der Waals surface area (Å²) in [4.78, 5) is 53.5. The molecule has 4 heterocycles. The second-order valence-corrected chi connectivity index (χ2v) is 8.63. The molecule has 2 aromatic carbocycles. The molecule has 3 amide bonds. The summed E-state index contributed by atoms with van der Waals surface area (Å²) in [6.07, 6.45) is 1.63. The Morgan fingerprint density at radius 2 is 1.60 bits per heavy atom. The van der Waals surface area contributed by atoms with Gasteiger partial charge in [-0.3, -0.25) is 24.2 Å². The first kappa shape index (κ1) is 21.1. The van der Waals surface area contributed by atoms with Crippen LogP contribution < -0.4 is 9.64 Å². The number of fused-ring (bicyclic) bond motifs is 2. The van der Waals surface area contributed by atoms with Crippen molar-refractivity contribution < 1.29 is 24.0 Å². The van der Waals surface area contributed by atoms with Gasteiger partial charge in [0.05, 0.1) is 22.4 Å². The first-order valence-corrected chi connectivity index (χ1v) is 11.5. The van der Waals surface area contributed by atoms with E-state index in [1.54, 1.807) is 66.2 Å². The molecule has 2 aliphatic heterocycles. The van der Waals surface area contributed by atoms with Crippen molar-refractivity contribution in [1.82, 2.24) is 15.0 Å². The van der Waals surface area contributed by atoms with Gasteiger partial charge in [-0.2, -0.15) is 5.06 Å². The third-order valence-electron chi connectivity index (χ3n) is 5.64. The highest BCUT2D eigenvalue weighted by Crippen LogP contribution is 2.32. The van der Waals surface area contributed by atoms with Gasteiger partial charge in [-0.05, 0) is 36.4 Å². The highest BCUT2D eigenvalue weighted by molar-refractivity contribution is 7.13. The molecule has 0 saturated heterocycles. The smallest absolute Gasteiger partial charge is 0.284 e. The van der Waals surface area contributed by atoms with Gasteiger partial charge in [0.1, 0.15) is 17.4 Å². The number of carbonyl (C=O) groups excluding carboxylic acids is 3. The van der Waals surface area contributed by atoms with Gasteiger partial charge in [-0.15, -0.1) is 11.3 Å². The number of amides is 3. The summed E-state index contributed by atoms with van der Waals surface area (Å²) in [5.74, 6) is -0.220. The van der Waals surface area contributed by atoms with Gasteiger partial charge in [0.2, 0.25) is 0 Å². The van der Waals surface area contributed by atoms with Gasteiger partial charge in [-0.25, -0.2) is 9.88 Å². The Hall–Kier alpha value is -4.41. The van der Waals surface area contributed by atoms with E-state index in [-0.39, 0.29) is 36.9 Å². The topological polar surface area (TPSA) is 102 Å². The lowest BCUT2D eigenvalue weighted by Crippen LogP contribution is -2.38. The highest BCUT2D eigenvalue weighted by atomic mass is 32.1. The van der Waals surface area contributed by atoms with Crippen molar-refractivity contribution >= 4 is 34.9 Å². The van der Waals surface area contributed by atoms with Crippen molar-refractivity contribution in [2.45, 2.75) is 6.61 Å². The van der Waals surface area contributed by atoms with E-state index in [2.05, 4.69) is 9.97 Å². The molecule has 0 aliphatic carbocycles. The molecule has 0 unspecified atom stereocenters. The molecule has 4 aromatic rings. The van der Waals surface area contributed by atoms with E-state index in [0.29, 0.717) is 33.1 Å². The molecule has 6 rings (SSSR count). The maximum absolute atomic E-state index is 12.7. The number of para-hydroxylation sites is 1. The van der Waals surface area contributed by atoms with E-state index in [9.17, 15) is 14.4 Å². The molecule has 10 heteroatoms. The van der Waals surface area contributed by atoms with Crippen LogP contribution >= 0.6 is 11.3 Å². The molecule has 35 heavy (non-hydrogen) atoms. The predicted octanol–water partition coefficient (Wildman–Crippen LogP) is 3.93. The summed E-state index contributed by atoms with van der Waals surface area (Å²) in [7, 11) is 0. The van der Waals surface area contributed by atoms with Gasteiger partial charge in [0.15, 0.2) is 12.5 Å². The molecule has 0 atom stereocenters. The first-order chi connectivity index (χ1) is 17.1. The van der Waals surface area contributed by atoms with Crippen molar-refractivity contribution in [3.05, 3.63) is 94.6 Å². The summed E-state index contributed by atoms with van der Waals surface area (Å²) < 4.78 is 5.55. The van der Waals surface area contributed by atoms with Gasteiger partial charge in [0.25, 0.3) is 17.7 Å². The van der Waals surface area contributed by atoms with Crippen molar-refractivity contribution in [3.8, 4) is 16.3 Å². The lowest BCUT2D eigenvalue weighted by Gasteiger charge is -2.27. The van der Waals surface area contributed by atoms with Crippen molar-refractivity contribution in [1.29, 1.82) is 0 Å². The second-order valence-electron chi connectivity index (χ2n) is 7.77. The van der Waals surface area contributed by atoms with Crippen LogP contribution in [0.5, 0.6) is 5.75 Å². The van der Waals surface area contributed by atoms with E-state index in [1.165, 1.54) is 11.3 Å². The highest BCUT2D eigenvalue weighted by Gasteiger charge is 2.37. The van der Waals surface area contributed by atoms with Gasteiger partial charge >= 0.3 is 0 Å². The molecule has 0 saturated carbocycles. The molecule has 0 N–H and O–H groups in total. The number of thiazole rings is 1. The fourth-order valence-corrected chi connectivity index (χ4v) is 4.64. The molecular weight excluding hydrogens is 468 g/mol. The number of hydrogen-bond donors (Lipinski definition) is 0. The lowest BCUT2D eigenvalue weighted by atomic mass is 10.1. The van der Waals surface area contributed by atoms with Crippen LogP contribution in [-0.2, 0) is 11.4 Å². The molecule has 0 bridgehead atoms. The number of hydrogen-bond acceptors (Lipinski definition) is 8. The Labute approximate surface area is 203 Å². The SMILES string of the molecule is O=C1c2ccccc2OCN1OCc1ccc(-c2nc(N3C(=O)c4ccccc4C3=O)cs2)cn1. The number of carbonyl (C=O) groups is 3. The zero-order chi connectivity index (χ0) is 23.9. The van der Waals surface area contributed by atoms with Gasteiger partial charge in [-0.1, -0.05) is 24.3 Å². The average molecular weight is 484 g/mol. The first-order valence-electron chi connectivity index (χ1n) is 10.7. The summed E-state index contributed by atoms with van der Waals surface area (Å²) in [6.45, 7) is 0.0728. The Morgan fingerprint density at radius 1 is 0.886 bits per heavy atom. The molecule has 0 radical (unpaired) electrons. The monoisotopic (exact) mass is 484 g/mol. The summed E-state index contributed by atoms with van der Waals surface area (Å²) >= 11 is 1.31. The number of pyridine rings is 1. The van der Waals surface area contributed by atoms with Crippen LogP contribution in [0.25, 0.3) is 10.6 Å². The van der Waals surface area contributed by atoms with Crippen LogP contribution in [0.15, 0.2) is 72.2 Å². The minimum absolute atomic E-state index is 0.00632. The number of rotatable bonds is 5. The third-order valence-corrected chi connectivity index (χ3v) is 6.52. The van der Waals surface area contributed by atoms with E-state index < -0.39 is 0 Å². The van der Waals surface area contributed by atoms with Gasteiger partial charge < -0.3 is 4.74 Å². The number of ether oxygens (including phenoxy) is 1. The van der Waals surface area contributed by atoms with Gasteiger partial charge in [0, 0.05) is 17.1 Å². The Bertz CT molecular complexity index is 1450. The molecule has 2 aliphatic rings. The van der Waals surface area contributed by atoms with E-state index in [1.807, 2.05) is 6.07 Å². The molecule has 9 nitrogen and oxygen atoms in total. The Kier molecular flexibility index (Phi) is 5.09. The lowest BCUT2D eigenvalue weighted by molar-refractivity contribution is -0.168. The standard InChI is InChI=1S/C25H16N4O5S/c30-23-19-7-3-4-8-20(19)33-14-28(23)34-12-16-10-9-15(11-26-16)22-27-21(13-35-22)29-24(31)17-5-1-2-6-18(17)25(29)32/h1-11,13H,12,14H2. The van der Waals surface area contributed by atoms with Crippen LogP contribution in [0, 0.1) is 0 Å². The van der Waals surface area contributed by atoms with E-state index in [4.69, 9.17) is 9.57 Å². The number of anilines is 1. The Morgan fingerprint density at radius 3 is 2.31 bits per heavy atom. The number of imide groups is 1. The number of benzene rings is 2. The average Bonchev–Trinajstić information content (AvgIpc) is 3.47. The largest absolute Gasteiger partial charge is 0.470 e. The van der Waals surface area contributed by atoms with Crippen LogP contribution in [0.2, 0.25) is 0 Å². The maximum Gasteiger partial charge on any atom is 0.284 e. The fourth-order valence-electron chi connectivity index (χ4n) is 3.86. The predicted molar refractivity (Wildman–Crippen MR) is 126 cm³/mol. The Balaban J connectivity index is 1.13. The minimum Gasteiger partial charge on any atom is -0.470 e. The van der Waals surface area contributed by atoms with Crippen molar-refractivity contribution in [2.24, 2.45) is 0 Å². The number of hydroxylamine groups is 2. The summed E-state index contributed by atoms with van der Waals surface area (Å²) in [5.41, 5.74) is 2.53. The van der Waals surface area contributed by atoms with Crippen LogP contribution in [0.1, 0.15) is 36.8 Å². The molecule has 0 spiro atoms. The van der Waals surface area contributed by atoms with Crippen LogP contribution in [0.3, 0.4) is 0 Å². The number of nitrogens with zero attached hydrogens (tertiary/aromatic N) is 4. The normalized spacial score (nSPS) is 14.7. The molecular formula is C25H16N4O5S. The third kappa shape index (κ3) is 3.65. The second kappa shape index (κ2) is 8.42. The van der Waals surface area contributed by atoms with Crippen LogP contribution in [-0.4, -0.2) is 39.5 Å². The van der Waals surface area contributed by atoms with Crippen molar-refractivity contribution in [3.63, 3.8) is 0 Å². The molecule has 172 valence electrons. The van der Waals surface area contributed by atoms with E-state index >= 15 is 0 Å². The summed E-state index contributed by atoms with van der Waals surface area (Å²) in [5, 5.41) is 3.45. The minimum atomic E-state index is -0.382. The molecule has 0 fully saturated rings. The zero-order valence-corrected chi connectivity index (χ0v) is 18.9. The number of aromatic nitrogens is 2. The molecule has 2 aromatic heterocycles. The summed E-state index contributed by atoms with van der Waals surface area (Å²) in [6, 6.07) is 17.3. The van der Waals surface area contributed by atoms with Crippen molar-refractivity contribution in [2.75, 3.05) is 11.6 Å².